The van der Waals surface area contributed by atoms with E-state index in [1.807, 2.05) is 24.3 Å². The van der Waals surface area contributed by atoms with Gasteiger partial charge in [0, 0.05) is 0 Å². The zero-order chi connectivity index (χ0) is 21.5. The Morgan fingerprint density at radius 2 is 1.10 bits per heavy atom. The molecular formula is C30H27N. The van der Waals surface area contributed by atoms with Crippen molar-refractivity contribution in [2.45, 2.75) is 32.1 Å². The molecule has 0 saturated heterocycles. The number of hydrogen-bond acceptors (Lipinski definition) is 1. The fraction of sp³-hybridized carbons (Fsp3) is 0.167. The van der Waals surface area contributed by atoms with Crippen molar-refractivity contribution in [1.29, 1.82) is 5.26 Å². The van der Waals surface area contributed by atoms with Gasteiger partial charge in [0.15, 0.2) is 0 Å². The Labute approximate surface area is 185 Å². The molecule has 0 aliphatic carbocycles. The lowest BCUT2D eigenvalue weighted by molar-refractivity contribution is 0.758. The Bertz CT molecular complexity index is 1130. The number of rotatable bonds is 7. The molecule has 0 amide bonds. The van der Waals surface area contributed by atoms with Crippen LogP contribution in [0.15, 0.2) is 103 Å². The van der Waals surface area contributed by atoms with Gasteiger partial charge >= 0.3 is 0 Å². The fourth-order valence-corrected chi connectivity index (χ4v) is 3.98. The molecule has 4 aromatic carbocycles. The molecular weight excluding hydrogens is 374 g/mol. The van der Waals surface area contributed by atoms with E-state index in [1.165, 1.54) is 27.8 Å². The van der Waals surface area contributed by atoms with Gasteiger partial charge in [-0.3, -0.25) is 0 Å². The molecule has 0 N–H and O–H groups in total. The van der Waals surface area contributed by atoms with Gasteiger partial charge in [0.25, 0.3) is 0 Å². The van der Waals surface area contributed by atoms with E-state index < -0.39 is 0 Å². The van der Waals surface area contributed by atoms with E-state index in [2.05, 4.69) is 91.9 Å². The normalized spacial score (nSPS) is 11.6. The van der Waals surface area contributed by atoms with E-state index in [9.17, 15) is 0 Å². The van der Waals surface area contributed by atoms with Gasteiger partial charge in [-0.15, -0.1) is 0 Å². The van der Waals surface area contributed by atoms with Gasteiger partial charge in [-0.2, -0.15) is 5.26 Å². The molecule has 4 aromatic rings. The molecule has 152 valence electrons. The molecule has 0 radical (unpaired) electrons. The minimum atomic E-state index is 0.529. The lowest BCUT2D eigenvalue weighted by Gasteiger charge is -2.12. The van der Waals surface area contributed by atoms with E-state index in [0.29, 0.717) is 11.5 Å². The third-order valence-electron chi connectivity index (χ3n) is 5.94. The minimum absolute atomic E-state index is 0.529. The van der Waals surface area contributed by atoms with Crippen LogP contribution in [0.2, 0.25) is 0 Å². The topological polar surface area (TPSA) is 23.8 Å². The van der Waals surface area contributed by atoms with Crippen molar-refractivity contribution in [3.8, 4) is 17.2 Å². The largest absolute Gasteiger partial charge is 0.192 e. The first-order valence-corrected chi connectivity index (χ1v) is 10.9. The lowest BCUT2D eigenvalue weighted by atomic mass is 9.93. The quantitative estimate of drug-likeness (QED) is 0.317. The molecule has 0 fully saturated rings. The summed E-state index contributed by atoms with van der Waals surface area (Å²) in [6.45, 7) is 2.30. The van der Waals surface area contributed by atoms with Gasteiger partial charge in [-0.05, 0) is 70.7 Å². The third-order valence-corrected chi connectivity index (χ3v) is 5.94. The molecule has 0 aliphatic heterocycles. The summed E-state index contributed by atoms with van der Waals surface area (Å²) in [6, 6.07) is 38.5. The van der Waals surface area contributed by atoms with Crippen LogP contribution in [0.5, 0.6) is 0 Å². The number of benzene rings is 4. The van der Waals surface area contributed by atoms with Crippen LogP contribution in [0.3, 0.4) is 0 Å². The summed E-state index contributed by atoms with van der Waals surface area (Å²) >= 11 is 0. The Morgan fingerprint density at radius 3 is 1.65 bits per heavy atom. The summed E-state index contributed by atoms with van der Waals surface area (Å²) in [5, 5.41) is 8.94. The van der Waals surface area contributed by atoms with E-state index in [-0.39, 0.29) is 0 Å². The van der Waals surface area contributed by atoms with Gasteiger partial charge in [0.1, 0.15) is 0 Å². The standard InChI is InChI=1S/C30H27N/c1-23(28-5-3-2-4-6-28)21-26-11-9-24(10-12-26)7-8-25-13-17-29(18-14-25)30-19-15-27(22-31)16-20-30/h2-6,9-20,23H,7-8,21H2,1H3/t23-/m1/s1. The highest BCUT2D eigenvalue weighted by Crippen LogP contribution is 2.22. The highest BCUT2D eigenvalue weighted by molar-refractivity contribution is 5.64. The Balaban J connectivity index is 1.32. The smallest absolute Gasteiger partial charge is 0.0991 e. The Kier molecular flexibility index (Phi) is 6.60. The van der Waals surface area contributed by atoms with Crippen molar-refractivity contribution in [3.63, 3.8) is 0 Å². The average Bonchev–Trinajstić information content (AvgIpc) is 2.84. The summed E-state index contributed by atoms with van der Waals surface area (Å²) in [5.74, 6) is 0.529. The molecule has 0 bridgehead atoms. The Morgan fingerprint density at radius 1 is 0.613 bits per heavy atom. The highest BCUT2D eigenvalue weighted by Gasteiger charge is 2.06. The van der Waals surface area contributed by atoms with E-state index >= 15 is 0 Å². The Hall–Kier alpha value is -3.63. The monoisotopic (exact) mass is 401 g/mol. The second-order valence-corrected chi connectivity index (χ2v) is 8.22. The zero-order valence-corrected chi connectivity index (χ0v) is 18.0. The van der Waals surface area contributed by atoms with Crippen LogP contribution < -0.4 is 0 Å². The van der Waals surface area contributed by atoms with Gasteiger partial charge in [0.05, 0.1) is 11.6 Å². The highest BCUT2D eigenvalue weighted by atomic mass is 14.2. The minimum Gasteiger partial charge on any atom is -0.192 e. The van der Waals surface area contributed by atoms with Crippen molar-refractivity contribution < 1.29 is 0 Å². The van der Waals surface area contributed by atoms with Crippen LogP contribution in [0.1, 0.15) is 40.7 Å². The van der Waals surface area contributed by atoms with Crippen molar-refractivity contribution in [2.75, 3.05) is 0 Å². The molecule has 0 unspecified atom stereocenters. The summed E-state index contributed by atoms with van der Waals surface area (Å²) in [6.07, 6.45) is 3.15. The first kappa shape index (κ1) is 20.6. The first-order valence-electron chi connectivity index (χ1n) is 10.9. The maximum absolute atomic E-state index is 8.94. The second kappa shape index (κ2) is 9.92. The molecule has 1 atom stereocenters. The number of nitrogens with zero attached hydrogens (tertiary/aromatic N) is 1. The molecule has 0 heterocycles. The zero-order valence-electron chi connectivity index (χ0n) is 18.0. The van der Waals surface area contributed by atoms with Crippen molar-refractivity contribution in [2.24, 2.45) is 0 Å². The predicted octanol–water partition coefficient (Wildman–Crippen LogP) is 7.36. The lowest BCUT2D eigenvalue weighted by Crippen LogP contribution is -1.99. The van der Waals surface area contributed by atoms with Crippen LogP contribution in [0.4, 0.5) is 0 Å². The van der Waals surface area contributed by atoms with E-state index in [0.717, 1.165) is 24.8 Å². The molecule has 1 nitrogen and oxygen atoms in total. The van der Waals surface area contributed by atoms with Gasteiger partial charge in [-0.25, -0.2) is 0 Å². The van der Waals surface area contributed by atoms with Gasteiger partial charge in [-0.1, -0.05) is 97.9 Å². The van der Waals surface area contributed by atoms with Crippen molar-refractivity contribution >= 4 is 0 Å². The van der Waals surface area contributed by atoms with Crippen LogP contribution in [0.25, 0.3) is 11.1 Å². The van der Waals surface area contributed by atoms with Crippen molar-refractivity contribution in [1.82, 2.24) is 0 Å². The molecule has 4 rings (SSSR count). The maximum atomic E-state index is 8.94. The van der Waals surface area contributed by atoms with Gasteiger partial charge < -0.3 is 0 Å². The molecule has 31 heavy (non-hydrogen) atoms. The molecule has 1 heteroatoms. The van der Waals surface area contributed by atoms with Crippen LogP contribution in [-0.2, 0) is 19.3 Å². The van der Waals surface area contributed by atoms with E-state index in [4.69, 9.17) is 5.26 Å². The first-order chi connectivity index (χ1) is 15.2. The second-order valence-electron chi connectivity index (χ2n) is 8.22. The van der Waals surface area contributed by atoms with Crippen LogP contribution in [-0.4, -0.2) is 0 Å². The average molecular weight is 402 g/mol. The maximum Gasteiger partial charge on any atom is 0.0991 e. The third kappa shape index (κ3) is 5.50. The summed E-state index contributed by atoms with van der Waals surface area (Å²) in [4.78, 5) is 0. The van der Waals surface area contributed by atoms with Crippen LogP contribution in [0, 0.1) is 11.3 Å². The molecule has 0 spiro atoms. The number of aryl methyl sites for hydroxylation is 2. The van der Waals surface area contributed by atoms with E-state index in [1.54, 1.807) is 0 Å². The molecule has 0 saturated carbocycles. The fourth-order valence-electron chi connectivity index (χ4n) is 3.98. The van der Waals surface area contributed by atoms with Gasteiger partial charge in [0.2, 0.25) is 0 Å². The number of hydrogen-bond donors (Lipinski definition) is 0. The van der Waals surface area contributed by atoms with Crippen molar-refractivity contribution in [3.05, 3.63) is 131 Å². The van der Waals surface area contributed by atoms with Crippen LogP contribution >= 0.6 is 0 Å². The summed E-state index contributed by atoms with van der Waals surface area (Å²) in [5.41, 5.74) is 8.55. The molecule has 0 aromatic heterocycles. The number of nitriles is 1. The predicted molar refractivity (Wildman–Crippen MR) is 129 cm³/mol. The summed E-state index contributed by atoms with van der Waals surface area (Å²) < 4.78 is 0. The molecule has 0 aliphatic rings. The summed E-state index contributed by atoms with van der Waals surface area (Å²) in [7, 11) is 0. The SMILES string of the molecule is C[C@H](Cc1ccc(CCc2ccc(-c3ccc(C#N)cc3)cc2)cc1)c1ccccc1.